The number of ether oxygens (including phenoxy) is 1. The quantitative estimate of drug-likeness (QED) is 0.826. The summed E-state index contributed by atoms with van der Waals surface area (Å²) in [6.07, 6.45) is 0. The van der Waals surface area contributed by atoms with Gasteiger partial charge in [-0.15, -0.1) is 0 Å². The Morgan fingerprint density at radius 3 is 2.57 bits per heavy atom. The minimum absolute atomic E-state index is 0.212. The molecule has 5 heteroatoms. The predicted molar refractivity (Wildman–Crippen MR) is 89.0 cm³/mol. The average molecular weight is 349 g/mol. The van der Waals surface area contributed by atoms with E-state index in [4.69, 9.17) is 10.5 Å². The Morgan fingerprint density at radius 1 is 1.19 bits per heavy atom. The molecule has 0 spiro atoms. The highest BCUT2D eigenvalue weighted by Gasteiger charge is 2.13. The summed E-state index contributed by atoms with van der Waals surface area (Å²) in [4.78, 5) is 12.4. The molecule has 0 aromatic heterocycles. The molecule has 0 radical (unpaired) electrons. The molecule has 2 rings (SSSR count). The van der Waals surface area contributed by atoms with E-state index >= 15 is 0 Å². The maximum Gasteiger partial charge on any atom is 0.256 e. The molecule has 110 valence electrons. The number of amides is 1. The third-order valence-corrected chi connectivity index (χ3v) is 3.76. The van der Waals surface area contributed by atoms with Crippen LogP contribution in [-0.2, 0) is 0 Å². The summed E-state index contributed by atoms with van der Waals surface area (Å²) in [5.74, 6) is 0.389. The Hall–Kier alpha value is -2.01. The van der Waals surface area contributed by atoms with E-state index in [0.29, 0.717) is 22.7 Å². The van der Waals surface area contributed by atoms with E-state index in [2.05, 4.69) is 21.2 Å². The number of aryl methyl sites for hydroxylation is 2. The molecule has 0 atom stereocenters. The average Bonchev–Trinajstić information content (AvgIpc) is 2.43. The second-order valence-electron chi connectivity index (χ2n) is 4.82. The summed E-state index contributed by atoms with van der Waals surface area (Å²) in [6.45, 7) is 3.81. The van der Waals surface area contributed by atoms with Crippen LogP contribution in [0.25, 0.3) is 0 Å². The van der Waals surface area contributed by atoms with Crippen LogP contribution in [0.2, 0.25) is 0 Å². The molecule has 0 saturated heterocycles. The molecule has 0 aliphatic rings. The molecule has 3 N–H and O–H groups in total. The van der Waals surface area contributed by atoms with Crippen molar-refractivity contribution in [2.45, 2.75) is 13.8 Å². The summed E-state index contributed by atoms with van der Waals surface area (Å²) >= 11 is 3.38. The second-order valence-corrected chi connectivity index (χ2v) is 5.74. The van der Waals surface area contributed by atoms with Gasteiger partial charge in [0.05, 0.1) is 12.8 Å². The molecule has 1 amide bonds. The highest BCUT2D eigenvalue weighted by molar-refractivity contribution is 9.10. The number of methoxy groups -OCH3 is 1. The third kappa shape index (κ3) is 3.36. The van der Waals surface area contributed by atoms with Crippen LogP contribution in [0.1, 0.15) is 21.5 Å². The van der Waals surface area contributed by atoms with E-state index in [1.165, 1.54) is 0 Å². The van der Waals surface area contributed by atoms with Crippen molar-refractivity contribution < 1.29 is 9.53 Å². The highest BCUT2D eigenvalue weighted by Crippen LogP contribution is 2.29. The Morgan fingerprint density at radius 2 is 1.90 bits per heavy atom. The Kier molecular flexibility index (Phi) is 4.53. The number of nitrogen functional groups attached to an aromatic ring is 1. The number of halogens is 1. The highest BCUT2D eigenvalue weighted by atomic mass is 79.9. The van der Waals surface area contributed by atoms with E-state index < -0.39 is 0 Å². The molecule has 2 aromatic carbocycles. The fourth-order valence-corrected chi connectivity index (χ4v) is 2.44. The number of carbonyl (C=O) groups is 1. The van der Waals surface area contributed by atoms with Gasteiger partial charge in [-0.1, -0.05) is 22.0 Å². The number of hydrogen-bond donors (Lipinski definition) is 2. The van der Waals surface area contributed by atoms with Crippen molar-refractivity contribution in [3.63, 3.8) is 0 Å². The molecule has 2 aromatic rings. The summed E-state index contributed by atoms with van der Waals surface area (Å²) in [7, 11) is 1.56. The van der Waals surface area contributed by atoms with Crippen LogP contribution in [0.15, 0.2) is 34.8 Å². The van der Waals surface area contributed by atoms with Crippen molar-refractivity contribution >= 4 is 33.2 Å². The molecular weight excluding hydrogens is 332 g/mol. The van der Waals surface area contributed by atoms with Gasteiger partial charge in [-0.25, -0.2) is 0 Å². The van der Waals surface area contributed by atoms with E-state index in [1.807, 2.05) is 26.0 Å². The van der Waals surface area contributed by atoms with Crippen LogP contribution in [0.5, 0.6) is 5.75 Å². The Bertz CT molecular complexity index is 699. The number of nitrogens with one attached hydrogen (secondary N) is 1. The van der Waals surface area contributed by atoms with Gasteiger partial charge in [-0.2, -0.15) is 0 Å². The number of benzene rings is 2. The lowest BCUT2D eigenvalue weighted by atomic mass is 10.0. The smallest absolute Gasteiger partial charge is 0.256 e. The van der Waals surface area contributed by atoms with Crippen molar-refractivity contribution in [1.29, 1.82) is 0 Å². The van der Waals surface area contributed by atoms with Gasteiger partial charge in [0, 0.05) is 15.7 Å². The van der Waals surface area contributed by atoms with Gasteiger partial charge in [0.2, 0.25) is 0 Å². The van der Waals surface area contributed by atoms with Crippen molar-refractivity contribution in [2.24, 2.45) is 0 Å². The number of carbonyl (C=O) groups excluding carboxylic acids is 1. The molecule has 0 aliphatic heterocycles. The second kappa shape index (κ2) is 6.18. The van der Waals surface area contributed by atoms with Crippen LogP contribution in [0.4, 0.5) is 11.4 Å². The first-order valence-electron chi connectivity index (χ1n) is 6.44. The standard InChI is InChI=1S/C16H17BrN2O2/c1-9-6-10(2)13(18)8-12(9)16(20)19-14-7-11(17)4-5-15(14)21-3/h4-8H,18H2,1-3H3,(H,19,20). The first-order valence-corrected chi connectivity index (χ1v) is 7.23. The summed E-state index contributed by atoms with van der Waals surface area (Å²) in [5, 5.41) is 2.86. The molecule has 21 heavy (non-hydrogen) atoms. The van der Waals surface area contributed by atoms with Gasteiger partial charge in [0.25, 0.3) is 5.91 Å². The maximum atomic E-state index is 12.4. The van der Waals surface area contributed by atoms with Gasteiger partial charge in [-0.05, 0) is 49.2 Å². The minimum atomic E-state index is -0.212. The molecule has 0 unspecified atom stereocenters. The first kappa shape index (κ1) is 15.4. The fourth-order valence-electron chi connectivity index (χ4n) is 2.08. The van der Waals surface area contributed by atoms with Crippen LogP contribution in [0, 0.1) is 13.8 Å². The van der Waals surface area contributed by atoms with E-state index in [0.717, 1.165) is 15.6 Å². The molecule has 0 saturated carbocycles. The summed E-state index contributed by atoms with van der Waals surface area (Å²) in [5.41, 5.74) is 9.50. The number of nitrogens with two attached hydrogens (primary N) is 1. The van der Waals surface area contributed by atoms with Crippen LogP contribution < -0.4 is 15.8 Å². The van der Waals surface area contributed by atoms with E-state index in [9.17, 15) is 4.79 Å². The monoisotopic (exact) mass is 348 g/mol. The zero-order valence-electron chi connectivity index (χ0n) is 12.2. The predicted octanol–water partition coefficient (Wildman–Crippen LogP) is 3.91. The van der Waals surface area contributed by atoms with Gasteiger partial charge in [0.1, 0.15) is 5.75 Å². The van der Waals surface area contributed by atoms with Crippen molar-refractivity contribution in [2.75, 3.05) is 18.2 Å². The lowest BCUT2D eigenvalue weighted by Gasteiger charge is -2.13. The van der Waals surface area contributed by atoms with Crippen molar-refractivity contribution in [1.82, 2.24) is 0 Å². The molecule has 0 aliphatic carbocycles. The number of hydrogen-bond acceptors (Lipinski definition) is 3. The van der Waals surface area contributed by atoms with Crippen LogP contribution in [0.3, 0.4) is 0 Å². The lowest BCUT2D eigenvalue weighted by molar-refractivity contribution is 0.102. The van der Waals surface area contributed by atoms with Gasteiger partial charge in [-0.3, -0.25) is 4.79 Å². The largest absolute Gasteiger partial charge is 0.495 e. The first-order chi connectivity index (χ1) is 9.92. The molecule has 0 heterocycles. The lowest BCUT2D eigenvalue weighted by Crippen LogP contribution is -2.15. The fraction of sp³-hybridized carbons (Fsp3) is 0.188. The van der Waals surface area contributed by atoms with Crippen LogP contribution in [-0.4, -0.2) is 13.0 Å². The van der Waals surface area contributed by atoms with Gasteiger partial charge < -0.3 is 15.8 Å². The summed E-state index contributed by atoms with van der Waals surface area (Å²) < 4.78 is 6.11. The van der Waals surface area contributed by atoms with Gasteiger partial charge >= 0.3 is 0 Å². The van der Waals surface area contributed by atoms with Crippen LogP contribution >= 0.6 is 15.9 Å². The molecule has 4 nitrogen and oxygen atoms in total. The zero-order chi connectivity index (χ0) is 15.6. The molecular formula is C16H17BrN2O2. The Labute approximate surface area is 132 Å². The summed E-state index contributed by atoms with van der Waals surface area (Å²) in [6, 6.07) is 9.04. The van der Waals surface area contributed by atoms with Gasteiger partial charge in [0.15, 0.2) is 0 Å². The normalized spacial score (nSPS) is 10.3. The van der Waals surface area contributed by atoms with Crippen molar-refractivity contribution in [3.8, 4) is 5.75 Å². The third-order valence-electron chi connectivity index (χ3n) is 3.27. The van der Waals surface area contributed by atoms with Crippen molar-refractivity contribution in [3.05, 3.63) is 51.5 Å². The minimum Gasteiger partial charge on any atom is -0.495 e. The molecule has 0 bridgehead atoms. The number of rotatable bonds is 3. The Balaban J connectivity index is 2.34. The SMILES string of the molecule is COc1ccc(Br)cc1NC(=O)c1cc(N)c(C)cc1C. The van der Waals surface area contributed by atoms with E-state index in [-0.39, 0.29) is 5.91 Å². The number of anilines is 2. The maximum absolute atomic E-state index is 12.4. The van der Waals surface area contributed by atoms with E-state index in [1.54, 1.807) is 25.3 Å². The topological polar surface area (TPSA) is 64.3 Å². The zero-order valence-corrected chi connectivity index (χ0v) is 13.7. The molecule has 0 fully saturated rings.